The molecule has 1 atom stereocenters. The largest absolute Gasteiger partial charge is 0.489 e. The van der Waals surface area contributed by atoms with Gasteiger partial charge in [0, 0.05) is 24.6 Å². The smallest absolute Gasteiger partial charge is 0.291 e. The highest BCUT2D eigenvalue weighted by Crippen LogP contribution is 2.32. The Morgan fingerprint density at radius 1 is 1.14 bits per heavy atom. The molecule has 0 unspecified atom stereocenters. The topological polar surface area (TPSA) is 83.1 Å². The van der Waals surface area contributed by atoms with E-state index in [1.165, 1.54) is 12.1 Å². The van der Waals surface area contributed by atoms with Crippen molar-refractivity contribution in [3.8, 4) is 17.6 Å². The Labute approximate surface area is 218 Å². The number of thiocarbonyl (C=S) groups is 1. The fourth-order valence-electron chi connectivity index (χ4n) is 3.85. The van der Waals surface area contributed by atoms with Crippen LogP contribution in [0.2, 0.25) is 0 Å². The van der Waals surface area contributed by atoms with Crippen LogP contribution in [0.1, 0.15) is 33.1 Å². The molecule has 0 spiro atoms. The third-order valence-electron chi connectivity index (χ3n) is 5.80. The highest BCUT2D eigenvalue weighted by atomic mass is 32.1. The van der Waals surface area contributed by atoms with Gasteiger partial charge in [-0.05, 0) is 48.0 Å². The van der Waals surface area contributed by atoms with Gasteiger partial charge in [0.15, 0.2) is 0 Å². The van der Waals surface area contributed by atoms with Crippen molar-refractivity contribution in [2.75, 3.05) is 18.6 Å². The zero-order valence-corrected chi connectivity index (χ0v) is 20.7. The van der Waals surface area contributed by atoms with E-state index in [1.807, 2.05) is 55.6 Å². The van der Waals surface area contributed by atoms with Crippen molar-refractivity contribution in [2.24, 2.45) is 0 Å². The molecule has 2 heterocycles. The van der Waals surface area contributed by atoms with Crippen LogP contribution in [0.5, 0.6) is 5.75 Å². The standard InChI is InChI=1S/C28H22FN5O2S/c1-34-23-15-20(8-7-18-9-12-21(29)13-10-18)11-14-24(23)36-17-22(28(34)37)30-27(35)26-31-25(32-33-26)16-19-5-3-2-4-6-19/h2-6,9-15,22H,16-17H2,1H3,(H,30,35)(H,31,32,33)/t22-/m0/s1. The number of rotatable bonds is 4. The summed E-state index contributed by atoms with van der Waals surface area (Å²) in [6.07, 6.45) is 0.538. The first-order chi connectivity index (χ1) is 18.0. The van der Waals surface area contributed by atoms with Crippen LogP contribution in [-0.2, 0) is 6.42 Å². The van der Waals surface area contributed by atoms with E-state index in [9.17, 15) is 9.18 Å². The Hall–Kier alpha value is -4.55. The van der Waals surface area contributed by atoms with E-state index < -0.39 is 11.9 Å². The Balaban J connectivity index is 1.27. The number of benzene rings is 3. The fraction of sp³-hybridized carbons (Fsp3) is 0.143. The second kappa shape index (κ2) is 10.6. The molecule has 184 valence electrons. The zero-order valence-electron chi connectivity index (χ0n) is 19.9. The molecule has 2 N–H and O–H groups in total. The van der Waals surface area contributed by atoms with Crippen LogP contribution in [0.25, 0.3) is 0 Å². The van der Waals surface area contributed by atoms with Gasteiger partial charge in [-0.1, -0.05) is 54.4 Å². The maximum absolute atomic E-state index is 13.1. The van der Waals surface area contributed by atoms with Crippen molar-refractivity contribution in [2.45, 2.75) is 12.5 Å². The van der Waals surface area contributed by atoms with Gasteiger partial charge in [-0.15, -0.1) is 5.10 Å². The molecule has 9 heteroatoms. The lowest BCUT2D eigenvalue weighted by molar-refractivity contribution is 0.0927. The van der Waals surface area contributed by atoms with Crippen molar-refractivity contribution >= 4 is 28.8 Å². The van der Waals surface area contributed by atoms with Crippen LogP contribution in [0, 0.1) is 17.7 Å². The molecule has 0 fully saturated rings. The van der Waals surface area contributed by atoms with E-state index in [1.54, 1.807) is 17.0 Å². The summed E-state index contributed by atoms with van der Waals surface area (Å²) in [7, 11) is 1.82. The summed E-state index contributed by atoms with van der Waals surface area (Å²) < 4.78 is 19.1. The van der Waals surface area contributed by atoms with Gasteiger partial charge in [0.25, 0.3) is 5.91 Å². The number of carbonyl (C=O) groups excluding carboxylic acids is 1. The van der Waals surface area contributed by atoms with E-state index >= 15 is 0 Å². The Morgan fingerprint density at radius 3 is 2.65 bits per heavy atom. The lowest BCUT2D eigenvalue weighted by Gasteiger charge is -2.23. The summed E-state index contributed by atoms with van der Waals surface area (Å²) in [5.74, 6) is 6.61. The normalized spacial score (nSPS) is 14.6. The van der Waals surface area contributed by atoms with Gasteiger partial charge >= 0.3 is 0 Å². The molecule has 0 radical (unpaired) electrons. The lowest BCUT2D eigenvalue weighted by Crippen LogP contribution is -2.48. The number of fused-ring (bicyclic) bond motifs is 1. The maximum atomic E-state index is 13.1. The first-order valence-corrected chi connectivity index (χ1v) is 11.9. The highest BCUT2D eigenvalue weighted by Gasteiger charge is 2.29. The van der Waals surface area contributed by atoms with Gasteiger partial charge in [0.05, 0.1) is 5.69 Å². The minimum absolute atomic E-state index is 0.0384. The number of carbonyl (C=O) groups is 1. The van der Waals surface area contributed by atoms with Crippen LogP contribution >= 0.6 is 12.2 Å². The predicted octanol–water partition coefficient (Wildman–Crippen LogP) is 3.89. The molecular weight excluding hydrogens is 489 g/mol. The lowest BCUT2D eigenvalue weighted by atomic mass is 10.1. The van der Waals surface area contributed by atoms with Crippen LogP contribution in [-0.4, -0.2) is 45.8 Å². The number of hydrogen-bond donors (Lipinski definition) is 2. The number of hydrogen-bond acceptors (Lipinski definition) is 5. The van der Waals surface area contributed by atoms with Crippen molar-refractivity contribution in [1.29, 1.82) is 0 Å². The molecule has 4 aromatic rings. The van der Waals surface area contributed by atoms with E-state index in [0.717, 1.165) is 16.8 Å². The average molecular weight is 512 g/mol. The molecule has 3 aromatic carbocycles. The average Bonchev–Trinajstić information content (AvgIpc) is 3.35. The summed E-state index contributed by atoms with van der Waals surface area (Å²) in [6, 6.07) is 20.8. The molecule has 1 aliphatic heterocycles. The number of amides is 1. The van der Waals surface area contributed by atoms with Crippen molar-refractivity contribution in [3.63, 3.8) is 0 Å². The number of likely N-dealkylation sites (N-methyl/N-ethyl adjacent to an activating group) is 1. The summed E-state index contributed by atoms with van der Waals surface area (Å²) in [4.78, 5) is 19.5. The quantitative estimate of drug-likeness (QED) is 0.320. The molecule has 7 nitrogen and oxygen atoms in total. The second-order valence-electron chi connectivity index (χ2n) is 8.44. The highest BCUT2D eigenvalue weighted by molar-refractivity contribution is 7.80. The minimum atomic E-state index is -0.565. The van der Waals surface area contributed by atoms with Crippen LogP contribution in [0.3, 0.4) is 0 Å². The Morgan fingerprint density at radius 2 is 1.86 bits per heavy atom. The monoisotopic (exact) mass is 511 g/mol. The number of nitrogens with zero attached hydrogens (tertiary/aromatic N) is 3. The summed E-state index contributed by atoms with van der Waals surface area (Å²) >= 11 is 5.68. The van der Waals surface area contributed by atoms with Crippen LogP contribution < -0.4 is 15.0 Å². The first-order valence-electron chi connectivity index (χ1n) is 11.5. The molecule has 0 saturated heterocycles. The number of ether oxygens (including phenoxy) is 1. The van der Waals surface area contributed by atoms with E-state index in [0.29, 0.717) is 28.5 Å². The molecule has 0 saturated carbocycles. The summed E-state index contributed by atoms with van der Waals surface area (Å²) in [5.41, 5.74) is 3.24. The second-order valence-corrected chi connectivity index (χ2v) is 8.86. The van der Waals surface area contributed by atoms with E-state index in [2.05, 4.69) is 32.3 Å². The minimum Gasteiger partial charge on any atom is -0.489 e. The molecule has 0 aliphatic carbocycles. The number of halogens is 1. The van der Waals surface area contributed by atoms with Gasteiger partial charge in [-0.3, -0.25) is 9.89 Å². The third kappa shape index (κ3) is 5.66. The van der Waals surface area contributed by atoms with Crippen molar-refractivity contribution in [3.05, 3.63) is 107 Å². The molecule has 5 rings (SSSR count). The third-order valence-corrected chi connectivity index (χ3v) is 6.36. The van der Waals surface area contributed by atoms with E-state index in [4.69, 9.17) is 17.0 Å². The predicted molar refractivity (Wildman–Crippen MR) is 142 cm³/mol. The SMILES string of the molecule is CN1C(=S)[C@@H](NC(=O)c2n[nH]c(Cc3ccccc3)n2)COc2ccc(C#Cc3ccc(F)cc3)cc21. The fourth-order valence-corrected chi connectivity index (χ4v) is 4.07. The molecule has 1 amide bonds. The van der Waals surface area contributed by atoms with Gasteiger partial charge in [0.1, 0.15) is 35.0 Å². The number of anilines is 1. The molecule has 0 bridgehead atoms. The Bertz CT molecular complexity index is 1510. The maximum Gasteiger partial charge on any atom is 0.291 e. The Kier molecular flexibility index (Phi) is 6.92. The zero-order chi connectivity index (χ0) is 25.8. The number of aromatic amines is 1. The first kappa shape index (κ1) is 24.2. The summed E-state index contributed by atoms with van der Waals surface area (Å²) in [5, 5.41) is 9.77. The number of H-pyrrole nitrogens is 1. The molecular formula is C28H22FN5O2S. The summed E-state index contributed by atoms with van der Waals surface area (Å²) in [6.45, 7) is 0.157. The van der Waals surface area contributed by atoms with Gasteiger partial charge in [0.2, 0.25) is 5.82 Å². The van der Waals surface area contributed by atoms with Crippen LogP contribution in [0.4, 0.5) is 10.1 Å². The van der Waals surface area contributed by atoms with Crippen molar-refractivity contribution < 1.29 is 13.9 Å². The molecule has 37 heavy (non-hydrogen) atoms. The molecule has 1 aromatic heterocycles. The number of aromatic nitrogens is 3. The van der Waals surface area contributed by atoms with Crippen molar-refractivity contribution in [1.82, 2.24) is 20.5 Å². The van der Waals surface area contributed by atoms with Gasteiger partial charge in [-0.25, -0.2) is 9.37 Å². The van der Waals surface area contributed by atoms with E-state index in [-0.39, 0.29) is 18.2 Å². The molecule has 1 aliphatic rings. The van der Waals surface area contributed by atoms with Gasteiger partial charge in [-0.2, -0.15) is 0 Å². The number of nitrogens with one attached hydrogen (secondary N) is 2. The van der Waals surface area contributed by atoms with Gasteiger partial charge < -0.3 is 15.0 Å². The van der Waals surface area contributed by atoms with Crippen LogP contribution in [0.15, 0.2) is 72.8 Å².